The number of sulfonamides is 1. The molecule has 0 fully saturated rings. The fourth-order valence-electron chi connectivity index (χ4n) is 4.73. The number of para-hydroxylation sites is 1. The maximum absolute atomic E-state index is 13.6. The Labute approximate surface area is 207 Å². The first-order valence-electron chi connectivity index (χ1n) is 11.6. The number of nitrogens with one attached hydrogen (secondary N) is 1. The molecule has 0 amide bonds. The Bertz CT molecular complexity index is 1450. The first kappa shape index (κ1) is 24.3. The zero-order valence-corrected chi connectivity index (χ0v) is 20.1. The molecule has 10 heteroatoms. The Hall–Kier alpha value is -3.37. The number of fused-ring (bicyclic) bond motifs is 2. The van der Waals surface area contributed by atoms with E-state index in [9.17, 15) is 21.6 Å². The van der Waals surface area contributed by atoms with E-state index in [0.717, 1.165) is 22.2 Å². The Morgan fingerprint density at radius 2 is 1.78 bits per heavy atom. The summed E-state index contributed by atoms with van der Waals surface area (Å²) >= 11 is 0. The molecule has 188 valence electrons. The van der Waals surface area contributed by atoms with Crippen molar-refractivity contribution in [2.45, 2.75) is 37.5 Å². The molecule has 0 spiro atoms. The normalized spacial score (nSPS) is 17.2. The van der Waals surface area contributed by atoms with Gasteiger partial charge in [-0.3, -0.25) is 4.98 Å². The fraction of sp³-hybridized carbons (Fsp3) is 0.269. The summed E-state index contributed by atoms with van der Waals surface area (Å²) in [6, 6.07) is 20.0. The molecule has 5 rings (SSSR count). The number of aromatic nitrogens is 2. The van der Waals surface area contributed by atoms with Crippen molar-refractivity contribution in [2.24, 2.45) is 0 Å². The number of aryl methyl sites for hydroxylation is 1. The van der Waals surface area contributed by atoms with Crippen molar-refractivity contribution in [3.8, 4) is 0 Å². The van der Waals surface area contributed by atoms with Crippen molar-refractivity contribution in [3.05, 3.63) is 95.9 Å². The molecule has 6 nitrogen and oxygen atoms in total. The standard InChI is InChI=1S/C26H25F3N4O2S/c27-26(28,29)36(34,35)32-16-21-8-4-5-9-25(21)33(17-22-14-24-20(15-31-22)12-13-30-24)23(18-32)11-10-19-6-2-1-3-7-19/h1-9,12-15,23,30H,10-11,16-18H2/t23-/m1/s1. The molecular formula is C26H25F3N4O2S. The average molecular weight is 515 g/mol. The molecule has 36 heavy (non-hydrogen) atoms. The number of halogens is 3. The van der Waals surface area contributed by atoms with E-state index in [-0.39, 0.29) is 13.1 Å². The number of nitrogens with zero attached hydrogens (tertiary/aromatic N) is 3. The zero-order valence-electron chi connectivity index (χ0n) is 19.3. The topological polar surface area (TPSA) is 69.3 Å². The van der Waals surface area contributed by atoms with E-state index in [2.05, 4.69) is 9.97 Å². The Balaban J connectivity index is 1.55. The molecule has 1 aliphatic rings. The lowest BCUT2D eigenvalue weighted by atomic mass is 10.0. The van der Waals surface area contributed by atoms with E-state index in [1.165, 1.54) is 0 Å². The lowest BCUT2D eigenvalue weighted by Gasteiger charge is -2.34. The summed E-state index contributed by atoms with van der Waals surface area (Å²) in [6.07, 6.45) is 4.63. The summed E-state index contributed by atoms with van der Waals surface area (Å²) in [5.74, 6) is 0. The third kappa shape index (κ3) is 4.83. The van der Waals surface area contributed by atoms with E-state index >= 15 is 0 Å². The molecule has 2 aromatic heterocycles. The van der Waals surface area contributed by atoms with Crippen LogP contribution < -0.4 is 4.90 Å². The van der Waals surface area contributed by atoms with Crippen LogP contribution in [-0.4, -0.2) is 40.8 Å². The monoisotopic (exact) mass is 514 g/mol. The minimum absolute atomic E-state index is 0.284. The maximum atomic E-state index is 13.6. The summed E-state index contributed by atoms with van der Waals surface area (Å²) in [5, 5.41) is 0.957. The first-order valence-corrected chi connectivity index (χ1v) is 13.0. The van der Waals surface area contributed by atoms with Crippen molar-refractivity contribution >= 4 is 26.6 Å². The van der Waals surface area contributed by atoms with Gasteiger partial charge in [-0.2, -0.15) is 17.5 Å². The highest BCUT2D eigenvalue weighted by Gasteiger charge is 2.51. The lowest BCUT2D eigenvalue weighted by molar-refractivity contribution is -0.0492. The molecule has 1 atom stereocenters. The van der Waals surface area contributed by atoms with E-state index in [0.29, 0.717) is 34.9 Å². The first-order chi connectivity index (χ1) is 17.2. The number of alkyl halides is 3. The lowest BCUT2D eigenvalue weighted by Crippen LogP contribution is -2.47. The Kier molecular flexibility index (Phi) is 6.48. The second kappa shape index (κ2) is 9.59. The number of anilines is 1. The van der Waals surface area contributed by atoms with Crippen LogP contribution in [0.1, 0.15) is 23.2 Å². The van der Waals surface area contributed by atoms with Crippen molar-refractivity contribution < 1.29 is 21.6 Å². The van der Waals surface area contributed by atoms with Gasteiger partial charge in [0.1, 0.15) is 0 Å². The molecule has 4 aromatic rings. The average Bonchev–Trinajstić information content (AvgIpc) is 3.26. The molecule has 0 saturated carbocycles. The van der Waals surface area contributed by atoms with Crippen LogP contribution in [0.4, 0.5) is 18.9 Å². The van der Waals surface area contributed by atoms with E-state index in [4.69, 9.17) is 0 Å². The van der Waals surface area contributed by atoms with Crippen molar-refractivity contribution in [1.82, 2.24) is 14.3 Å². The Morgan fingerprint density at radius 1 is 1.03 bits per heavy atom. The van der Waals surface area contributed by atoms with Gasteiger partial charge >= 0.3 is 15.5 Å². The van der Waals surface area contributed by atoms with Crippen LogP contribution in [0.3, 0.4) is 0 Å². The molecule has 2 aromatic carbocycles. The molecule has 0 bridgehead atoms. The third-order valence-electron chi connectivity index (χ3n) is 6.57. The summed E-state index contributed by atoms with van der Waals surface area (Å²) in [7, 11) is -5.51. The number of hydrogen-bond acceptors (Lipinski definition) is 4. The molecule has 0 radical (unpaired) electrons. The predicted molar refractivity (Wildman–Crippen MR) is 133 cm³/mol. The Morgan fingerprint density at radius 3 is 2.56 bits per heavy atom. The SMILES string of the molecule is O=S(=O)(N1Cc2ccccc2N(Cc2cc3[nH]ccc3cn2)[C@H](CCc2ccccc2)C1)C(F)(F)F. The van der Waals surface area contributed by atoms with Crippen molar-refractivity contribution in [2.75, 3.05) is 11.4 Å². The van der Waals surface area contributed by atoms with Crippen molar-refractivity contribution in [3.63, 3.8) is 0 Å². The van der Waals surface area contributed by atoms with E-state index in [1.54, 1.807) is 18.3 Å². The zero-order chi connectivity index (χ0) is 25.3. The smallest absolute Gasteiger partial charge is 0.361 e. The number of pyridine rings is 1. The largest absolute Gasteiger partial charge is 0.511 e. The number of aromatic amines is 1. The molecule has 0 unspecified atom stereocenters. The van der Waals surface area contributed by atoms with Crippen LogP contribution in [-0.2, 0) is 29.5 Å². The summed E-state index contributed by atoms with van der Waals surface area (Å²) < 4.78 is 66.5. The summed E-state index contributed by atoms with van der Waals surface area (Å²) in [6.45, 7) is -0.307. The maximum Gasteiger partial charge on any atom is 0.511 e. The van der Waals surface area contributed by atoms with Gasteiger partial charge in [0, 0.05) is 48.1 Å². The predicted octanol–water partition coefficient (Wildman–Crippen LogP) is 5.24. The van der Waals surface area contributed by atoms with Gasteiger partial charge in [-0.25, -0.2) is 8.42 Å². The minimum Gasteiger partial charge on any atom is -0.361 e. The quantitative estimate of drug-likeness (QED) is 0.382. The van der Waals surface area contributed by atoms with E-state index in [1.807, 2.05) is 65.7 Å². The number of benzene rings is 2. The van der Waals surface area contributed by atoms with Crippen molar-refractivity contribution in [1.29, 1.82) is 0 Å². The van der Waals surface area contributed by atoms with Crippen LogP contribution in [0.15, 0.2) is 79.1 Å². The second-order valence-corrected chi connectivity index (χ2v) is 10.8. The van der Waals surface area contributed by atoms with Gasteiger partial charge in [0.2, 0.25) is 0 Å². The van der Waals surface area contributed by atoms with Gasteiger partial charge in [0.15, 0.2) is 0 Å². The summed E-state index contributed by atoms with van der Waals surface area (Å²) in [5.41, 5.74) is -1.47. The second-order valence-electron chi connectivity index (χ2n) is 8.92. The summed E-state index contributed by atoms with van der Waals surface area (Å²) in [4.78, 5) is 9.72. The van der Waals surface area contributed by atoms with Crippen LogP contribution in [0.25, 0.3) is 10.9 Å². The highest BCUT2D eigenvalue weighted by molar-refractivity contribution is 7.89. The van der Waals surface area contributed by atoms with Crippen LogP contribution >= 0.6 is 0 Å². The van der Waals surface area contributed by atoms with Crippen LogP contribution in [0.2, 0.25) is 0 Å². The minimum atomic E-state index is -5.51. The number of hydrogen-bond donors (Lipinski definition) is 1. The molecule has 1 N–H and O–H groups in total. The van der Waals surface area contributed by atoms with Gasteiger partial charge in [-0.1, -0.05) is 48.5 Å². The van der Waals surface area contributed by atoms with Crippen LogP contribution in [0.5, 0.6) is 0 Å². The molecule has 3 heterocycles. The van der Waals surface area contributed by atoms with E-state index < -0.39 is 21.6 Å². The number of H-pyrrole nitrogens is 1. The molecule has 0 saturated heterocycles. The van der Waals surface area contributed by atoms with Gasteiger partial charge in [-0.05, 0) is 42.2 Å². The number of rotatable bonds is 6. The van der Waals surface area contributed by atoms with Gasteiger partial charge in [-0.15, -0.1) is 0 Å². The highest BCUT2D eigenvalue weighted by atomic mass is 32.2. The van der Waals surface area contributed by atoms with Gasteiger partial charge in [0.25, 0.3) is 0 Å². The van der Waals surface area contributed by atoms with Gasteiger partial charge in [0.05, 0.1) is 12.2 Å². The third-order valence-corrected chi connectivity index (χ3v) is 8.11. The highest BCUT2D eigenvalue weighted by Crippen LogP contribution is 2.35. The molecule has 0 aliphatic carbocycles. The molecule has 1 aliphatic heterocycles. The molecular weight excluding hydrogens is 489 g/mol. The van der Waals surface area contributed by atoms with Crippen LogP contribution in [0, 0.1) is 0 Å². The fourth-order valence-corrected chi connectivity index (χ4v) is 5.70. The van der Waals surface area contributed by atoms with Gasteiger partial charge < -0.3 is 9.88 Å².